The molecule has 0 saturated heterocycles. The Morgan fingerprint density at radius 2 is 2.07 bits per heavy atom. The van der Waals surface area contributed by atoms with Crippen molar-refractivity contribution in [3.63, 3.8) is 0 Å². The standard InChI is InChI=1S/C16H27BN5O7/c1-7(24)20-13(14(11(25)5-23)29-6-12(26)22-17-2)9-3-8(15(27)28)4-10(9)21-16(18)19/h3,9-11,13-14,23,25H,4-6H2,1-2H3,(H,20,24)(H,22,26)(H,27,28)(H4,18,19,21)/t9-,10-,11+,13+,14+/m1/s1. The number of hydrogen-bond acceptors (Lipinski definition) is 7. The topological polar surface area (TPSA) is 210 Å². The highest BCUT2D eigenvalue weighted by Crippen LogP contribution is 2.32. The number of carboxylic acid groups (broad SMARTS) is 1. The minimum Gasteiger partial charge on any atom is -0.478 e. The number of ether oxygens (including phenoxy) is 1. The van der Waals surface area contributed by atoms with Crippen LogP contribution in [-0.4, -0.2) is 84.0 Å². The van der Waals surface area contributed by atoms with Crippen molar-refractivity contribution in [1.29, 1.82) is 0 Å². The minimum atomic E-state index is -1.48. The predicted molar refractivity (Wildman–Crippen MR) is 104 cm³/mol. The van der Waals surface area contributed by atoms with Crippen molar-refractivity contribution in [1.82, 2.24) is 10.5 Å². The molecule has 1 rings (SSSR count). The van der Waals surface area contributed by atoms with Crippen LogP contribution >= 0.6 is 0 Å². The monoisotopic (exact) mass is 412 g/mol. The van der Waals surface area contributed by atoms with E-state index in [1.165, 1.54) is 20.4 Å². The van der Waals surface area contributed by atoms with E-state index >= 15 is 0 Å². The van der Waals surface area contributed by atoms with Gasteiger partial charge >= 0.3 is 5.97 Å². The molecular formula is C16H27BN5O7. The molecule has 1 aliphatic rings. The molecule has 29 heavy (non-hydrogen) atoms. The zero-order chi connectivity index (χ0) is 22.1. The molecule has 161 valence electrons. The van der Waals surface area contributed by atoms with Gasteiger partial charge in [0.25, 0.3) is 0 Å². The van der Waals surface area contributed by atoms with E-state index in [9.17, 15) is 29.7 Å². The second kappa shape index (κ2) is 11.4. The molecule has 0 aromatic rings. The molecule has 0 heterocycles. The largest absolute Gasteiger partial charge is 0.478 e. The Balaban J connectivity index is 3.28. The lowest BCUT2D eigenvalue weighted by molar-refractivity contribution is -0.135. The number of aliphatic imine (C=N–C) groups is 1. The van der Waals surface area contributed by atoms with Crippen molar-refractivity contribution < 1.29 is 34.4 Å². The van der Waals surface area contributed by atoms with Gasteiger partial charge in [-0.05, 0) is 0 Å². The predicted octanol–water partition coefficient (Wildman–Crippen LogP) is -3.31. The third kappa shape index (κ3) is 7.36. The van der Waals surface area contributed by atoms with Gasteiger partial charge in [0, 0.05) is 24.8 Å². The Labute approximate surface area is 168 Å². The molecular weight excluding hydrogens is 385 g/mol. The molecule has 0 bridgehead atoms. The summed E-state index contributed by atoms with van der Waals surface area (Å²) in [5.41, 5.74) is 10.9. The van der Waals surface area contributed by atoms with E-state index in [1.54, 1.807) is 6.82 Å². The summed E-state index contributed by atoms with van der Waals surface area (Å²) in [5.74, 6) is -3.25. The summed E-state index contributed by atoms with van der Waals surface area (Å²) in [5, 5.41) is 34.0. The van der Waals surface area contributed by atoms with Crippen molar-refractivity contribution in [3.8, 4) is 0 Å². The molecule has 0 saturated carbocycles. The van der Waals surface area contributed by atoms with Crippen molar-refractivity contribution >= 4 is 31.2 Å². The van der Waals surface area contributed by atoms with Crippen LogP contribution in [0.15, 0.2) is 16.6 Å². The summed E-state index contributed by atoms with van der Waals surface area (Å²) in [6.45, 7) is 1.61. The fraction of sp³-hybridized carbons (Fsp3) is 0.625. The van der Waals surface area contributed by atoms with Crippen LogP contribution in [0.5, 0.6) is 0 Å². The Kier molecular flexibility index (Phi) is 9.58. The highest BCUT2D eigenvalue weighted by Gasteiger charge is 2.42. The quantitative estimate of drug-likeness (QED) is 0.103. The van der Waals surface area contributed by atoms with Gasteiger partial charge in [-0.1, -0.05) is 12.9 Å². The molecule has 5 atom stereocenters. The number of hydrogen-bond donors (Lipinski definition) is 7. The third-order valence-electron chi connectivity index (χ3n) is 4.27. The number of carbonyl (C=O) groups is 3. The number of carbonyl (C=O) groups excluding carboxylic acids is 2. The SMILES string of the molecule is C[B]NC(=O)CO[C@H]([C@@H](NC(C)=O)[C@@H]1C=C(C(=O)O)C[C@H]1N=C(N)N)[C@@H](O)CO. The maximum atomic E-state index is 11.8. The summed E-state index contributed by atoms with van der Waals surface area (Å²) in [6, 6.07) is -1.78. The number of aliphatic hydroxyl groups is 2. The van der Waals surface area contributed by atoms with E-state index in [0.717, 1.165) is 0 Å². The van der Waals surface area contributed by atoms with Crippen molar-refractivity contribution in [2.24, 2.45) is 22.4 Å². The lowest BCUT2D eigenvalue weighted by Crippen LogP contribution is -2.56. The van der Waals surface area contributed by atoms with Crippen molar-refractivity contribution in [2.45, 2.75) is 44.5 Å². The summed E-state index contributed by atoms with van der Waals surface area (Å²) in [4.78, 5) is 39.0. The number of amides is 2. The fourth-order valence-corrected chi connectivity index (χ4v) is 3.16. The van der Waals surface area contributed by atoms with Gasteiger partial charge in [0.05, 0.1) is 18.7 Å². The van der Waals surface area contributed by atoms with Crippen LogP contribution in [0.4, 0.5) is 0 Å². The van der Waals surface area contributed by atoms with Gasteiger partial charge in [0.2, 0.25) is 19.2 Å². The van der Waals surface area contributed by atoms with E-state index in [2.05, 4.69) is 15.5 Å². The Morgan fingerprint density at radius 3 is 2.55 bits per heavy atom. The first kappa shape index (κ1) is 24.4. The van der Waals surface area contributed by atoms with Gasteiger partial charge < -0.3 is 42.1 Å². The Morgan fingerprint density at radius 1 is 1.41 bits per heavy atom. The van der Waals surface area contributed by atoms with Gasteiger partial charge in [0.1, 0.15) is 18.8 Å². The number of guanidine groups is 1. The van der Waals surface area contributed by atoms with Gasteiger partial charge in [-0.15, -0.1) is 0 Å². The summed E-state index contributed by atoms with van der Waals surface area (Å²) in [7, 11) is 1.39. The van der Waals surface area contributed by atoms with Crippen LogP contribution in [-0.2, 0) is 19.1 Å². The zero-order valence-corrected chi connectivity index (χ0v) is 16.2. The first-order valence-corrected chi connectivity index (χ1v) is 8.88. The minimum absolute atomic E-state index is 0.0127. The highest BCUT2D eigenvalue weighted by atomic mass is 16.5. The number of nitrogens with zero attached hydrogens (tertiary/aromatic N) is 1. The lowest BCUT2D eigenvalue weighted by atomic mass is 9.88. The van der Waals surface area contributed by atoms with Crippen LogP contribution in [0, 0.1) is 5.92 Å². The van der Waals surface area contributed by atoms with E-state index in [0.29, 0.717) is 0 Å². The van der Waals surface area contributed by atoms with Crippen molar-refractivity contribution in [2.75, 3.05) is 13.2 Å². The number of aliphatic hydroxyl groups excluding tert-OH is 2. The second-order valence-electron chi connectivity index (χ2n) is 6.51. The molecule has 0 aliphatic heterocycles. The summed E-state index contributed by atoms with van der Waals surface area (Å²) in [6.07, 6.45) is -1.37. The van der Waals surface area contributed by atoms with Gasteiger partial charge in [-0.25, -0.2) is 9.79 Å². The fourth-order valence-electron chi connectivity index (χ4n) is 3.16. The molecule has 2 amide bonds. The first-order valence-electron chi connectivity index (χ1n) is 8.88. The number of nitrogens with two attached hydrogens (primary N) is 2. The summed E-state index contributed by atoms with van der Waals surface area (Å²) >= 11 is 0. The molecule has 0 fully saturated rings. The number of nitrogens with one attached hydrogen (secondary N) is 2. The molecule has 13 heteroatoms. The molecule has 9 N–H and O–H groups in total. The lowest BCUT2D eigenvalue weighted by Gasteiger charge is -2.35. The van der Waals surface area contributed by atoms with E-state index in [-0.39, 0.29) is 18.0 Å². The third-order valence-corrected chi connectivity index (χ3v) is 4.27. The van der Waals surface area contributed by atoms with E-state index in [1.807, 2.05) is 0 Å². The average Bonchev–Trinajstić information content (AvgIpc) is 3.03. The average molecular weight is 412 g/mol. The van der Waals surface area contributed by atoms with Crippen LogP contribution in [0.2, 0.25) is 6.82 Å². The van der Waals surface area contributed by atoms with E-state index < -0.39 is 61.2 Å². The van der Waals surface area contributed by atoms with Crippen LogP contribution < -0.4 is 22.0 Å². The first-order chi connectivity index (χ1) is 13.6. The van der Waals surface area contributed by atoms with Crippen molar-refractivity contribution in [3.05, 3.63) is 11.6 Å². The maximum absolute atomic E-state index is 11.8. The molecule has 1 aliphatic carbocycles. The molecule has 12 nitrogen and oxygen atoms in total. The van der Waals surface area contributed by atoms with Gasteiger partial charge in [-0.3, -0.25) is 9.59 Å². The van der Waals surface area contributed by atoms with Gasteiger partial charge in [0.15, 0.2) is 5.96 Å². The Bertz CT molecular complexity index is 668. The smallest absolute Gasteiger partial charge is 0.331 e. The van der Waals surface area contributed by atoms with Crippen LogP contribution in [0.1, 0.15) is 13.3 Å². The van der Waals surface area contributed by atoms with E-state index in [4.69, 9.17) is 16.2 Å². The molecule has 1 radical (unpaired) electrons. The highest BCUT2D eigenvalue weighted by molar-refractivity contribution is 6.35. The Hall–Kier alpha value is -2.64. The molecule has 0 unspecified atom stereocenters. The summed E-state index contributed by atoms with van der Waals surface area (Å²) < 4.78 is 5.49. The van der Waals surface area contributed by atoms with Crippen LogP contribution in [0.3, 0.4) is 0 Å². The number of aliphatic carboxylic acids is 1. The maximum Gasteiger partial charge on any atom is 0.331 e. The molecule has 0 aromatic heterocycles. The van der Waals surface area contributed by atoms with Crippen LogP contribution in [0.25, 0.3) is 0 Å². The van der Waals surface area contributed by atoms with Gasteiger partial charge in [-0.2, -0.15) is 0 Å². The second-order valence-corrected chi connectivity index (χ2v) is 6.51. The number of carboxylic acids is 1. The molecule has 0 spiro atoms. The normalized spacial score (nSPS) is 21.3. The molecule has 0 aromatic carbocycles. The zero-order valence-electron chi connectivity index (χ0n) is 16.2. The number of rotatable bonds is 11.